The van der Waals surface area contributed by atoms with Gasteiger partial charge in [0.05, 0.1) is 4.91 Å². The number of aromatic nitrogens is 1. The third-order valence-corrected chi connectivity index (χ3v) is 4.44. The lowest BCUT2D eigenvalue weighted by Gasteiger charge is -2.11. The van der Waals surface area contributed by atoms with Gasteiger partial charge in [-0.25, -0.2) is 14.4 Å². The number of amidine groups is 1. The Morgan fingerprint density at radius 3 is 2.79 bits per heavy atom. The second-order valence-electron chi connectivity index (χ2n) is 5.25. The summed E-state index contributed by atoms with van der Waals surface area (Å²) in [5.41, 5.74) is 1.52. The summed E-state index contributed by atoms with van der Waals surface area (Å²) < 4.78 is 13.3. The molecule has 1 fully saturated rings. The Kier molecular flexibility index (Phi) is 4.76. The summed E-state index contributed by atoms with van der Waals surface area (Å²) in [6, 6.07) is 11.7. The van der Waals surface area contributed by atoms with Gasteiger partial charge in [-0.3, -0.25) is 9.69 Å². The number of carbonyl (C=O) groups is 1. The van der Waals surface area contributed by atoms with E-state index in [0.29, 0.717) is 28.0 Å². The Morgan fingerprint density at radius 1 is 1.29 bits per heavy atom. The van der Waals surface area contributed by atoms with E-state index in [0.717, 1.165) is 5.69 Å². The Hall–Kier alpha value is -2.47. The molecule has 1 aliphatic heterocycles. The van der Waals surface area contributed by atoms with Crippen molar-refractivity contribution in [2.75, 3.05) is 6.54 Å². The zero-order valence-corrected chi connectivity index (χ0v) is 14.2. The third kappa shape index (κ3) is 3.54. The van der Waals surface area contributed by atoms with Crippen LogP contribution < -0.4 is 0 Å². The number of aliphatic imine (C=N–C) groups is 1. The molecule has 0 atom stereocenters. The van der Waals surface area contributed by atoms with Gasteiger partial charge in [-0.15, -0.1) is 0 Å². The van der Waals surface area contributed by atoms with Crippen molar-refractivity contribution < 1.29 is 9.18 Å². The van der Waals surface area contributed by atoms with E-state index in [1.807, 2.05) is 26.0 Å². The summed E-state index contributed by atoms with van der Waals surface area (Å²) in [5, 5.41) is 0.586. The van der Waals surface area contributed by atoms with E-state index in [1.54, 1.807) is 29.2 Å². The molecule has 0 N–H and O–H groups in total. The largest absolute Gasteiger partial charge is 0.287 e. The first-order valence-corrected chi connectivity index (χ1v) is 8.38. The van der Waals surface area contributed by atoms with Gasteiger partial charge in [-0.05, 0) is 61.5 Å². The molecular formula is C18H16FN3OS. The fraction of sp³-hybridized carbons (Fsp3) is 0.167. The summed E-state index contributed by atoms with van der Waals surface area (Å²) >= 11 is 1.28. The molecule has 0 aliphatic carbocycles. The first kappa shape index (κ1) is 16.4. The average Bonchev–Trinajstić information content (AvgIpc) is 2.82. The summed E-state index contributed by atoms with van der Waals surface area (Å²) in [6.07, 6.45) is 1.69. The molecule has 1 aromatic heterocycles. The molecule has 0 unspecified atom stereocenters. The number of amides is 1. The maximum atomic E-state index is 13.3. The molecule has 2 heterocycles. The van der Waals surface area contributed by atoms with E-state index in [-0.39, 0.29) is 11.7 Å². The predicted octanol–water partition coefficient (Wildman–Crippen LogP) is 4.15. The van der Waals surface area contributed by atoms with Crippen LogP contribution in [-0.4, -0.2) is 27.5 Å². The van der Waals surface area contributed by atoms with Crippen molar-refractivity contribution in [1.29, 1.82) is 0 Å². The number of pyridine rings is 1. The highest BCUT2D eigenvalue weighted by Crippen LogP contribution is 2.33. The smallest absolute Gasteiger partial charge is 0.266 e. The minimum Gasteiger partial charge on any atom is -0.287 e. The van der Waals surface area contributed by atoms with Crippen LogP contribution in [0, 0.1) is 12.7 Å². The quantitative estimate of drug-likeness (QED) is 0.788. The molecule has 1 saturated heterocycles. The van der Waals surface area contributed by atoms with Crippen LogP contribution in [0.2, 0.25) is 0 Å². The van der Waals surface area contributed by atoms with Crippen molar-refractivity contribution in [3.8, 4) is 0 Å². The van der Waals surface area contributed by atoms with Crippen molar-refractivity contribution in [2.45, 2.75) is 13.8 Å². The predicted molar refractivity (Wildman–Crippen MR) is 95.4 cm³/mol. The molecule has 122 valence electrons. The first-order valence-electron chi connectivity index (χ1n) is 7.56. The van der Waals surface area contributed by atoms with E-state index in [1.165, 1.54) is 23.9 Å². The van der Waals surface area contributed by atoms with Crippen molar-refractivity contribution >= 4 is 34.7 Å². The van der Waals surface area contributed by atoms with E-state index >= 15 is 0 Å². The maximum Gasteiger partial charge on any atom is 0.266 e. The minimum absolute atomic E-state index is 0.127. The standard InChI is InChI=1S/C18H16FN3OS/c1-3-22-17(23)15(11-13-7-5-8-14(19)10-13)24-18(22)21-16-9-4-6-12(2)20-16/h4-11H,3H2,1-2H3/b15-11-,21-18+. The van der Waals surface area contributed by atoms with Gasteiger partial charge in [0, 0.05) is 12.2 Å². The van der Waals surface area contributed by atoms with Crippen LogP contribution >= 0.6 is 11.8 Å². The molecule has 2 aromatic rings. The third-order valence-electron chi connectivity index (χ3n) is 3.43. The van der Waals surface area contributed by atoms with Crippen molar-refractivity contribution in [1.82, 2.24) is 9.88 Å². The molecule has 1 aromatic carbocycles. The van der Waals surface area contributed by atoms with Crippen LogP contribution in [0.25, 0.3) is 6.08 Å². The highest BCUT2D eigenvalue weighted by atomic mass is 32.2. The molecule has 3 rings (SSSR count). The highest BCUT2D eigenvalue weighted by Gasteiger charge is 2.32. The van der Waals surface area contributed by atoms with Crippen molar-refractivity contribution in [3.05, 3.63) is 64.4 Å². The molecular weight excluding hydrogens is 325 g/mol. The van der Waals surface area contributed by atoms with Crippen LogP contribution in [0.3, 0.4) is 0 Å². The molecule has 0 spiro atoms. The number of hydrogen-bond donors (Lipinski definition) is 0. The Balaban J connectivity index is 1.94. The second-order valence-corrected chi connectivity index (χ2v) is 6.26. The lowest BCUT2D eigenvalue weighted by atomic mass is 10.2. The number of rotatable bonds is 3. The highest BCUT2D eigenvalue weighted by molar-refractivity contribution is 8.18. The van der Waals surface area contributed by atoms with Gasteiger partial charge in [0.1, 0.15) is 5.82 Å². The maximum absolute atomic E-state index is 13.3. The second kappa shape index (κ2) is 6.97. The topological polar surface area (TPSA) is 45.6 Å². The van der Waals surface area contributed by atoms with Crippen LogP contribution in [0.4, 0.5) is 10.2 Å². The number of carbonyl (C=O) groups excluding carboxylic acids is 1. The first-order chi connectivity index (χ1) is 11.6. The normalized spacial score (nSPS) is 18.0. The number of likely N-dealkylation sites (N-methyl/N-ethyl adjacent to an activating group) is 1. The van der Waals surface area contributed by atoms with Gasteiger partial charge >= 0.3 is 0 Å². The summed E-state index contributed by atoms with van der Waals surface area (Å²) in [7, 11) is 0. The van der Waals surface area contributed by atoms with E-state index in [4.69, 9.17) is 0 Å². The van der Waals surface area contributed by atoms with Crippen molar-refractivity contribution in [3.63, 3.8) is 0 Å². The van der Waals surface area contributed by atoms with Gasteiger partial charge in [-0.2, -0.15) is 0 Å². The zero-order chi connectivity index (χ0) is 17.1. The number of thioether (sulfide) groups is 1. The monoisotopic (exact) mass is 341 g/mol. The van der Waals surface area contributed by atoms with E-state index < -0.39 is 0 Å². The Bertz CT molecular complexity index is 848. The molecule has 6 heteroatoms. The van der Waals surface area contributed by atoms with Crippen LogP contribution in [0.1, 0.15) is 18.2 Å². The van der Waals surface area contributed by atoms with E-state index in [2.05, 4.69) is 9.98 Å². The lowest BCUT2D eigenvalue weighted by Crippen LogP contribution is -2.28. The lowest BCUT2D eigenvalue weighted by molar-refractivity contribution is -0.122. The summed E-state index contributed by atoms with van der Waals surface area (Å²) in [6.45, 7) is 4.29. The molecule has 0 radical (unpaired) electrons. The molecule has 1 amide bonds. The molecule has 24 heavy (non-hydrogen) atoms. The zero-order valence-electron chi connectivity index (χ0n) is 13.4. The number of nitrogens with zero attached hydrogens (tertiary/aromatic N) is 3. The molecule has 1 aliphatic rings. The average molecular weight is 341 g/mol. The van der Waals surface area contributed by atoms with Gasteiger partial charge in [0.15, 0.2) is 11.0 Å². The molecule has 0 saturated carbocycles. The Labute approximate surface area is 144 Å². The van der Waals surface area contributed by atoms with Gasteiger partial charge in [0.25, 0.3) is 5.91 Å². The Morgan fingerprint density at radius 2 is 2.08 bits per heavy atom. The number of benzene rings is 1. The summed E-state index contributed by atoms with van der Waals surface area (Å²) in [4.78, 5) is 23.5. The van der Waals surface area contributed by atoms with E-state index in [9.17, 15) is 9.18 Å². The van der Waals surface area contributed by atoms with Gasteiger partial charge in [-0.1, -0.05) is 18.2 Å². The van der Waals surface area contributed by atoms with Crippen LogP contribution in [-0.2, 0) is 4.79 Å². The van der Waals surface area contributed by atoms with Crippen LogP contribution in [0.5, 0.6) is 0 Å². The molecule has 4 nitrogen and oxygen atoms in total. The molecule has 0 bridgehead atoms. The summed E-state index contributed by atoms with van der Waals surface area (Å²) in [5.74, 6) is 0.110. The SMILES string of the molecule is CCN1C(=O)/C(=C/c2cccc(F)c2)S/C1=N/c1cccc(C)n1. The number of hydrogen-bond acceptors (Lipinski definition) is 4. The number of aryl methyl sites for hydroxylation is 1. The van der Waals surface area contributed by atoms with Gasteiger partial charge < -0.3 is 0 Å². The number of halogens is 1. The fourth-order valence-electron chi connectivity index (χ4n) is 2.31. The van der Waals surface area contributed by atoms with Crippen LogP contribution in [0.15, 0.2) is 52.4 Å². The van der Waals surface area contributed by atoms with Gasteiger partial charge in [0.2, 0.25) is 0 Å². The minimum atomic E-state index is -0.329. The van der Waals surface area contributed by atoms with Crippen molar-refractivity contribution in [2.24, 2.45) is 4.99 Å². The fourth-order valence-corrected chi connectivity index (χ4v) is 3.36.